The third-order valence-electron chi connectivity index (χ3n) is 4.31. The molecule has 0 aliphatic rings. The number of nitrogens with zero attached hydrogens (tertiary/aromatic N) is 2. The Hall–Kier alpha value is -4.00. The number of nitro benzene ring substituents is 1. The lowest BCUT2D eigenvalue weighted by atomic mass is 10.0. The van der Waals surface area contributed by atoms with E-state index in [4.69, 9.17) is 5.11 Å². The Kier molecular flexibility index (Phi) is 3.89. The van der Waals surface area contributed by atoms with Gasteiger partial charge in [-0.05, 0) is 29.3 Å². The summed E-state index contributed by atoms with van der Waals surface area (Å²) < 4.78 is 0. The predicted octanol–water partition coefficient (Wildman–Crippen LogP) is 4.50. The number of benzene rings is 3. The Morgan fingerprint density at radius 3 is 2.30 bits per heavy atom. The van der Waals surface area contributed by atoms with Crippen LogP contribution in [0.2, 0.25) is 0 Å². The molecule has 0 atom stereocenters. The summed E-state index contributed by atoms with van der Waals surface area (Å²) in [6.45, 7) is 0. The molecular weight excluding hydrogens is 346 g/mol. The number of carboxylic acid groups (broad SMARTS) is 1. The van der Waals surface area contributed by atoms with Crippen molar-refractivity contribution in [2.24, 2.45) is 0 Å². The van der Waals surface area contributed by atoms with Crippen molar-refractivity contribution in [2.45, 2.75) is 0 Å². The SMILES string of the molecule is O=C(O)c1ccc(-c2ccc(-c3nc4ccccc4[nH]3)cc2)cc1[N+](=O)[O-]. The third-order valence-corrected chi connectivity index (χ3v) is 4.31. The first-order valence-electron chi connectivity index (χ1n) is 8.10. The number of nitrogens with one attached hydrogen (secondary N) is 1. The smallest absolute Gasteiger partial charge is 0.342 e. The van der Waals surface area contributed by atoms with Crippen molar-refractivity contribution in [2.75, 3.05) is 0 Å². The largest absolute Gasteiger partial charge is 0.477 e. The van der Waals surface area contributed by atoms with Crippen LogP contribution < -0.4 is 0 Å². The first-order valence-corrected chi connectivity index (χ1v) is 8.10. The van der Waals surface area contributed by atoms with E-state index in [2.05, 4.69) is 9.97 Å². The van der Waals surface area contributed by atoms with Crippen molar-refractivity contribution in [1.29, 1.82) is 0 Å². The predicted molar refractivity (Wildman–Crippen MR) is 101 cm³/mol. The van der Waals surface area contributed by atoms with Gasteiger partial charge in [-0.2, -0.15) is 0 Å². The lowest BCUT2D eigenvalue weighted by Crippen LogP contribution is -2.02. The number of carbonyl (C=O) groups is 1. The highest BCUT2D eigenvalue weighted by Crippen LogP contribution is 2.29. The standard InChI is InChI=1S/C20H13N3O4/c24-20(25)15-10-9-14(11-18(15)23(26)27)12-5-7-13(8-6-12)19-21-16-3-1-2-4-17(16)22-19/h1-11H,(H,21,22)(H,24,25). The van der Waals surface area contributed by atoms with E-state index in [1.807, 2.05) is 48.5 Å². The van der Waals surface area contributed by atoms with Gasteiger partial charge in [-0.3, -0.25) is 10.1 Å². The Morgan fingerprint density at radius 1 is 0.963 bits per heavy atom. The molecule has 0 saturated heterocycles. The molecule has 1 heterocycles. The van der Waals surface area contributed by atoms with Crippen molar-refractivity contribution in [3.05, 3.63) is 82.4 Å². The number of nitro groups is 1. The lowest BCUT2D eigenvalue weighted by molar-refractivity contribution is -0.385. The highest BCUT2D eigenvalue weighted by Gasteiger charge is 2.20. The first-order chi connectivity index (χ1) is 13.0. The Morgan fingerprint density at radius 2 is 1.63 bits per heavy atom. The van der Waals surface area contributed by atoms with Crippen LogP contribution in [-0.4, -0.2) is 26.0 Å². The van der Waals surface area contributed by atoms with Crippen LogP contribution in [0.1, 0.15) is 10.4 Å². The van der Waals surface area contributed by atoms with Gasteiger partial charge in [-0.15, -0.1) is 0 Å². The normalized spacial score (nSPS) is 10.8. The molecule has 1 aromatic heterocycles. The van der Waals surface area contributed by atoms with Gasteiger partial charge in [0.1, 0.15) is 11.4 Å². The summed E-state index contributed by atoms with van der Waals surface area (Å²) in [6.07, 6.45) is 0. The molecule has 0 bridgehead atoms. The number of H-pyrrole nitrogens is 1. The van der Waals surface area contributed by atoms with Crippen LogP contribution in [0.5, 0.6) is 0 Å². The van der Waals surface area contributed by atoms with Gasteiger partial charge < -0.3 is 10.1 Å². The summed E-state index contributed by atoms with van der Waals surface area (Å²) in [5.74, 6) is -0.594. The summed E-state index contributed by atoms with van der Waals surface area (Å²) in [5, 5.41) is 20.2. The zero-order valence-electron chi connectivity index (χ0n) is 13.9. The van der Waals surface area contributed by atoms with Crippen LogP contribution in [0.25, 0.3) is 33.5 Å². The summed E-state index contributed by atoms with van der Waals surface area (Å²) in [6, 6.07) is 19.2. The molecule has 0 aliphatic heterocycles. The van der Waals surface area contributed by atoms with Crippen LogP contribution in [0.3, 0.4) is 0 Å². The van der Waals surface area contributed by atoms with Crippen molar-refractivity contribution >= 4 is 22.7 Å². The van der Waals surface area contributed by atoms with Gasteiger partial charge in [0.15, 0.2) is 0 Å². The van der Waals surface area contributed by atoms with Gasteiger partial charge >= 0.3 is 5.97 Å². The van der Waals surface area contributed by atoms with Crippen LogP contribution >= 0.6 is 0 Å². The van der Waals surface area contributed by atoms with Crippen LogP contribution in [0.4, 0.5) is 5.69 Å². The van der Waals surface area contributed by atoms with Crippen molar-refractivity contribution in [3.8, 4) is 22.5 Å². The maximum atomic E-state index is 11.2. The minimum atomic E-state index is -1.33. The van der Waals surface area contributed by atoms with Crippen molar-refractivity contribution in [3.63, 3.8) is 0 Å². The molecule has 7 nitrogen and oxygen atoms in total. The summed E-state index contributed by atoms with van der Waals surface area (Å²) >= 11 is 0. The maximum Gasteiger partial charge on any atom is 0.342 e. The van der Waals surface area contributed by atoms with Crippen LogP contribution in [0.15, 0.2) is 66.7 Å². The number of hydrogen-bond acceptors (Lipinski definition) is 4. The molecule has 0 amide bonds. The van der Waals surface area contributed by atoms with Gasteiger partial charge in [0.25, 0.3) is 5.69 Å². The van der Waals surface area contributed by atoms with E-state index in [1.165, 1.54) is 12.1 Å². The number of fused-ring (bicyclic) bond motifs is 1. The fourth-order valence-electron chi connectivity index (χ4n) is 2.95. The lowest BCUT2D eigenvalue weighted by Gasteiger charge is -2.05. The Labute approximate surface area is 153 Å². The van der Waals surface area contributed by atoms with E-state index >= 15 is 0 Å². The molecule has 0 fully saturated rings. The van der Waals surface area contributed by atoms with E-state index in [1.54, 1.807) is 6.07 Å². The second kappa shape index (κ2) is 6.38. The number of carboxylic acids is 1. The monoisotopic (exact) mass is 359 g/mol. The molecule has 0 saturated carbocycles. The molecule has 0 unspecified atom stereocenters. The number of para-hydroxylation sites is 2. The fourth-order valence-corrected chi connectivity index (χ4v) is 2.95. The van der Waals surface area contributed by atoms with Gasteiger partial charge in [0, 0.05) is 11.6 Å². The molecule has 27 heavy (non-hydrogen) atoms. The molecule has 0 radical (unpaired) electrons. The maximum absolute atomic E-state index is 11.2. The van der Waals surface area contributed by atoms with Gasteiger partial charge in [-0.25, -0.2) is 9.78 Å². The van der Waals surface area contributed by atoms with Gasteiger partial charge in [0.05, 0.1) is 16.0 Å². The summed E-state index contributed by atoms with van der Waals surface area (Å²) in [5.41, 5.74) is 3.25. The zero-order chi connectivity index (χ0) is 19.0. The first kappa shape index (κ1) is 16.5. The highest BCUT2D eigenvalue weighted by atomic mass is 16.6. The fraction of sp³-hybridized carbons (Fsp3) is 0. The number of rotatable bonds is 4. The van der Waals surface area contributed by atoms with Gasteiger partial charge in [0.2, 0.25) is 0 Å². The molecular formula is C20H13N3O4. The third kappa shape index (κ3) is 3.02. The molecule has 7 heteroatoms. The van der Waals surface area contributed by atoms with Gasteiger partial charge in [-0.1, -0.05) is 42.5 Å². The van der Waals surface area contributed by atoms with Crippen molar-refractivity contribution < 1.29 is 14.8 Å². The van der Waals surface area contributed by atoms with Crippen molar-refractivity contribution in [1.82, 2.24) is 9.97 Å². The molecule has 2 N–H and O–H groups in total. The van der Waals surface area contributed by atoms with E-state index < -0.39 is 16.6 Å². The summed E-state index contributed by atoms with van der Waals surface area (Å²) in [7, 11) is 0. The topological polar surface area (TPSA) is 109 Å². The van der Waals surface area contributed by atoms with E-state index in [0.29, 0.717) is 5.56 Å². The van der Waals surface area contributed by atoms with E-state index in [0.717, 1.165) is 28.0 Å². The quantitative estimate of drug-likeness (QED) is 0.412. The Bertz CT molecular complexity index is 1150. The highest BCUT2D eigenvalue weighted by molar-refractivity contribution is 5.93. The average Bonchev–Trinajstić information content (AvgIpc) is 3.11. The number of aromatic amines is 1. The second-order valence-corrected chi connectivity index (χ2v) is 5.97. The minimum Gasteiger partial charge on any atom is -0.477 e. The van der Waals surface area contributed by atoms with Crippen LogP contribution in [-0.2, 0) is 0 Å². The Balaban J connectivity index is 1.71. The molecule has 132 valence electrons. The van der Waals surface area contributed by atoms with E-state index in [-0.39, 0.29) is 5.56 Å². The second-order valence-electron chi connectivity index (χ2n) is 5.97. The summed E-state index contributed by atoms with van der Waals surface area (Å²) in [4.78, 5) is 29.4. The van der Waals surface area contributed by atoms with E-state index in [9.17, 15) is 14.9 Å². The zero-order valence-corrected chi connectivity index (χ0v) is 13.9. The number of imidazole rings is 1. The number of aromatic nitrogens is 2. The number of aromatic carboxylic acids is 1. The minimum absolute atomic E-state index is 0.331. The molecule has 4 rings (SSSR count). The molecule has 0 spiro atoms. The molecule has 3 aromatic carbocycles. The number of hydrogen-bond donors (Lipinski definition) is 2. The van der Waals surface area contributed by atoms with Crippen LogP contribution in [0, 0.1) is 10.1 Å². The molecule has 4 aromatic rings. The molecule has 0 aliphatic carbocycles. The average molecular weight is 359 g/mol.